The fourth-order valence-electron chi connectivity index (χ4n) is 2.64. The summed E-state index contributed by atoms with van der Waals surface area (Å²) < 4.78 is 10.6. The monoisotopic (exact) mass is 398 g/mol. The Kier molecular flexibility index (Phi) is 5.49. The Bertz CT molecular complexity index is 1120. The van der Waals surface area contributed by atoms with Gasteiger partial charge in [0, 0.05) is 24.4 Å². The lowest BCUT2D eigenvalue weighted by atomic mass is 10.1. The molecule has 0 aliphatic carbocycles. The third kappa shape index (κ3) is 4.18. The van der Waals surface area contributed by atoms with Crippen LogP contribution in [0, 0.1) is 20.2 Å². The van der Waals surface area contributed by atoms with Gasteiger partial charge in [0.05, 0.1) is 28.0 Å². The number of nitrogens with one attached hydrogen (secondary N) is 1. The molecule has 0 aliphatic rings. The topological polar surface area (TPSA) is 147 Å². The summed E-state index contributed by atoms with van der Waals surface area (Å²) in [5.74, 6) is -0.176. The van der Waals surface area contributed by atoms with Gasteiger partial charge in [0.2, 0.25) is 0 Å². The predicted octanol–water partition coefficient (Wildman–Crippen LogP) is 3.08. The van der Waals surface area contributed by atoms with Gasteiger partial charge in [-0.1, -0.05) is 0 Å². The van der Waals surface area contributed by atoms with Crippen molar-refractivity contribution in [3.8, 4) is 11.5 Å². The van der Waals surface area contributed by atoms with Crippen LogP contribution in [0.3, 0.4) is 0 Å². The van der Waals surface area contributed by atoms with Gasteiger partial charge in [0.25, 0.3) is 17.3 Å². The van der Waals surface area contributed by atoms with Crippen LogP contribution in [-0.2, 0) is 4.79 Å². The van der Waals surface area contributed by atoms with Crippen LogP contribution in [0.25, 0.3) is 10.9 Å². The number of fused-ring (bicyclic) bond motifs is 1. The van der Waals surface area contributed by atoms with Crippen molar-refractivity contribution in [3.05, 3.63) is 68.9 Å². The summed E-state index contributed by atoms with van der Waals surface area (Å²) in [5, 5.41) is 24.8. The molecule has 0 atom stereocenters. The molecule has 148 valence electrons. The van der Waals surface area contributed by atoms with Crippen LogP contribution < -0.4 is 14.8 Å². The quantitative estimate of drug-likeness (QED) is 0.472. The Morgan fingerprint density at radius 1 is 1.10 bits per heavy atom. The Morgan fingerprint density at radius 3 is 2.55 bits per heavy atom. The molecule has 0 unspecified atom stereocenters. The molecule has 3 rings (SSSR count). The first-order chi connectivity index (χ1) is 13.9. The lowest BCUT2D eigenvalue weighted by Gasteiger charge is -2.11. The number of nitrogens with zero attached hydrogens (tertiary/aromatic N) is 3. The van der Waals surface area contributed by atoms with E-state index in [1.807, 2.05) is 0 Å². The Balaban J connectivity index is 1.78. The average Bonchev–Trinajstić information content (AvgIpc) is 2.71. The number of aromatic nitrogens is 1. The van der Waals surface area contributed by atoms with Crippen LogP contribution in [-0.4, -0.2) is 34.5 Å². The molecule has 0 saturated heterocycles. The number of carbonyl (C=O) groups excluding carboxylic acids is 1. The number of nitro groups is 2. The first-order valence-electron chi connectivity index (χ1n) is 8.18. The lowest BCUT2D eigenvalue weighted by molar-refractivity contribution is -0.384. The van der Waals surface area contributed by atoms with Gasteiger partial charge in [0.15, 0.2) is 6.61 Å². The molecular weight excluding hydrogens is 384 g/mol. The van der Waals surface area contributed by atoms with Crippen LogP contribution >= 0.6 is 0 Å². The highest BCUT2D eigenvalue weighted by Crippen LogP contribution is 2.32. The standard InChI is InChI=1S/C18H14N4O7/c1-28-15-6-4-11(21(24)25)9-13(15)20-17(23)10-29-16-7-5-14(22(26)27)12-3-2-8-19-18(12)16/h2-9H,10H2,1H3,(H,20,23). The number of ether oxygens (including phenoxy) is 2. The van der Waals surface area contributed by atoms with Crippen molar-refractivity contribution >= 4 is 33.9 Å². The van der Waals surface area contributed by atoms with Gasteiger partial charge in [-0.3, -0.25) is 30.0 Å². The zero-order valence-corrected chi connectivity index (χ0v) is 15.0. The zero-order valence-electron chi connectivity index (χ0n) is 15.0. The molecule has 1 N–H and O–H groups in total. The van der Waals surface area contributed by atoms with Gasteiger partial charge in [0.1, 0.15) is 17.0 Å². The SMILES string of the molecule is COc1ccc([N+](=O)[O-])cc1NC(=O)COc1ccc([N+](=O)[O-])c2cccnc12. The Hall–Kier alpha value is -4.28. The summed E-state index contributed by atoms with van der Waals surface area (Å²) in [4.78, 5) is 37.3. The second-order valence-corrected chi connectivity index (χ2v) is 5.72. The normalized spacial score (nSPS) is 10.4. The molecule has 11 heteroatoms. The summed E-state index contributed by atoms with van der Waals surface area (Å²) in [5.41, 5.74) is 0.00299. The van der Waals surface area contributed by atoms with Crippen LogP contribution in [0.5, 0.6) is 11.5 Å². The van der Waals surface area contributed by atoms with Gasteiger partial charge in [-0.15, -0.1) is 0 Å². The molecule has 0 bridgehead atoms. The highest BCUT2D eigenvalue weighted by atomic mass is 16.6. The van der Waals surface area contributed by atoms with E-state index in [9.17, 15) is 25.0 Å². The van der Waals surface area contributed by atoms with E-state index in [-0.39, 0.29) is 39.5 Å². The number of amides is 1. The molecule has 29 heavy (non-hydrogen) atoms. The largest absolute Gasteiger partial charge is 0.495 e. The Labute approximate surface area is 163 Å². The minimum absolute atomic E-state index is 0.113. The second-order valence-electron chi connectivity index (χ2n) is 5.72. The van der Waals surface area contributed by atoms with E-state index < -0.39 is 22.4 Å². The molecule has 0 saturated carbocycles. The fourth-order valence-corrected chi connectivity index (χ4v) is 2.64. The smallest absolute Gasteiger partial charge is 0.279 e. The number of hydrogen-bond acceptors (Lipinski definition) is 8. The first-order valence-corrected chi connectivity index (χ1v) is 8.18. The number of methoxy groups -OCH3 is 1. The van der Waals surface area contributed by atoms with Crippen molar-refractivity contribution in [1.82, 2.24) is 4.98 Å². The van der Waals surface area contributed by atoms with Crippen LogP contribution in [0.15, 0.2) is 48.7 Å². The highest BCUT2D eigenvalue weighted by molar-refractivity contribution is 5.95. The molecule has 0 aliphatic heterocycles. The molecule has 1 amide bonds. The van der Waals surface area contributed by atoms with Crippen LogP contribution in [0.1, 0.15) is 0 Å². The molecule has 0 fully saturated rings. The minimum Gasteiger partial charge on any atom is -0.495 e. The fraction of sp³-hybridized carbons (Fsp3) is 0.111. The van der Waals surface area contributed by atoms with Crippen molar-refractivity contribution in [2.45, 2.75) is 0 Å². The van der Waals surface area contributed by atoms with Crippen molar-refractivity contribution in [2.75, 3.05) is 19.0 Å². The molecule has 0 spiro atoms. The van der Waals surface area contributed by atoms with E-state index in [2.05, 4.69) is 10.3 Å². The number of nitro benzene ring substituents is 2. The number of hydrogen-bond donors (Lipinski definition) is 1. The summed E-state index contributed by atoms with van der Waals surface area (Å²) in [6, 6.07) is 9.49. The lowest BCUT2D eigenvalue weighted by Crippen LogP contribution is -2.20. The average molecular weight is 398 g/mol. The molecule has 3 aromatic rings. The van der Waals surface area contributed by atoms with E-state index in [0.717, 1.165) is 0 Å². The van der Waals surface area contributed by atoms with E-state index in [1.165, 1.54) is 49.7 Å². The van der Waals surface area contributed by atoms with Gasteiger partial charge in [-0.2, -0.15) is 0 Å². The maximum Gasteiger partial charge on any atom is 0.279 e. The highest BCUT2D eigenvalue weighted by Gasteiger charge is 2.17. The molecular formula is C18H14N4O7. The molecule has 1 aromatic heterocycles. The van der Waals surface area contributed by atoms with E-state index in [1.54, 1.807) is 6.07 Å². The summed E-state index contributed by atoms with van der Waals surface area (Å²) in [6.45, 7) is -0.449. The number of benzene rings is 2. The van der Waals surface area contributed by atoms with Crippen LogP contribution in [0.4, 0.5) is 17.1 Å². The van der Waals surface area contributed by atoms with Crippen molar-refractivity contribution in [1.29, 1.82) is 0 Å². The number of pyridine rings is 1. The third-order valence-corrected chi connectivity index (χ3v) is 3.93. The van der Waals surface area contributed by atoms with Gasteiger partial charge in [-0.05, 0) is 24.3 Å². The van der Waals surface area contributed by atoms with E-state index in [4.69, 9.17) is 9.47 Å². The number of anilines is 1. The molecule has 11 nitrogen and oxygen atoms in total. The van der Waals surface area contributed by atoms with Gasteiger partial charge >= 0.3 is 0 Å². The van der Waals surface area contributed by atoms with Gasteiger partial charge < -0.3 is 14.8 Å². The van der Waals surface area contributed by atoms with Crippen molar-refractivity contribution in [3.63, 3.8) is 0 Å². The van der Waals surface area contributed by atoms with Crippen molar-refractivity contribution < 1.29 is 24.1 Å². The summed E-state index contributed by atoms with van der Waals surface area (Å²) in [6.07, 6.45) is 1.45. The number of carbonyl (C=O) groups is 1. The molecule has 2 aromatic carbocycles. The molecule has 1 heterocycles. The predicted molar refractivity (Wildman–Crippen MR) is 102 cm³/mol. The van der Waals surface area contributed by atoms with Crippen molar-refractivity contribution in [2.24, 2.45) is 0 Å². The second kappa shape index (κ2) is 8.17. The van der Waals surface area contributed by atoms with Crippen LogP contribution in [0.2, 0.25) is 0 Å². The Morgan fingerprint density at radius 2 is 1.86 bits per heavy atom. The maximum absolute atomic E-state index is 12.3. The third-order valence-electron chi connectivity index (χ3n) is 3.93. The minimum atomic E-state index is -0.605. The zero-order chi connectivity index (χ0) is 21.0. The summed E-state index contributed by atoms with van der Waals surface area (Å²) >= 11 is 0. The maximum atomic E-state index is 12.3. The first kappa shape index (κ1) is 19.5. The van der Waals surface area contributed by atoms with E-state index >= 15 is 0 Å². The number of non-ortho nitro benzene ring substituents is 2. The summed E-state index contributed by atoms with van der Waals surface area (Å²) in [7, 11) is 1.36. The number of rotatable bonds is 7. The van der Waals surface area contributed by atoms with E-state index in [0.29, 0.717) is 0 Å². The molecule has 0 radical (unpaired) electrons. The van der Waals surface area contributed by atoms with Gasteiger partial charge in [-0.25, -0.2) is 0 Å².